The maximum Gasteiger partial charge on any atom is 0.169 e. The quantitative estimate of drug-likeness (QED) is 0.0480. The van der Waals surface area contributed by atoms with Crippen LogP contribution in [0.15, 0.2) is 139 Å². The van der Waals surface area contributed by atoms with Crippen molar-refractivity contribution < 1.29 is 35.0 Å². The standard InChI is InChI=1S/C32H35N3Se.C10H8O6S2/c1-2-3-20-33-23-16-27(17-24-33)14-15-28-18-25-34(26-19-28)21-8-9-22-35-29-10-4-6-12-31(29)36-32-13-7-5-11-30(32)35;11-17(12)16-9-3-1-8-6-10(18(13,14)15)4-2-7(8)5-9/h4-7,10-19,23-26H,2-3,8-9,20-22H2,1H3;1-6H,(H,11,12)(H,13,14,15)/q+2;/p-2/b15-14+;. The molecule has 9 nitrogen and oxygen atoms in total. The molecule has 0 saturated carbocycles. The third-order valence-corrected chi connectivity index (χ3v) is 12.4. The molecule has 0 bridgehead atoms. The van der Waals surface area contributed by atoms with Crippen molar-refractivity contribution in [3.05, 3.63) is 145 Å². The summed E-state index contributed by atoms with van der Waals surface area (Å²) in [6.45, 7) is 5.43. The van der Waals surface area contributed by atoms with Crippen molar-refractivity contribution in [3.8, 4) is 5.75 Å². The first-order valence-corrected chi connectivity index (χ1v) is 21.9. The Morgan fingerprint density at radius 3 is 1.81 bits per heavy atom. The maximum absolute atomic E-state index is 10.8. The van der Waals surface area contributed by atoms with Gasteiger partial charge in [0, 0.05) is 18.6 Å². The van der Waals surface area contributed by atoms with Crippen LogP contribution in [0.1, 0.15) is 43.7 Å². The number of pyridine rings is 2. The number of para-hydroxylation sites is 2. The second kappa shape index (κ2) is 18.6. The van der Waals surface area contributed by atoms with Gasteiger partial charge in [-0.25, -0.2) is 17.2 Å². The van der Waals surface area contributed by atoms with E-state index < -0.39 is 21.5 Å². The molecule has 0 amide bonds. The van der Waals surface area contributed by atoms with Crippen molar-refractivity contribution in [1.29, 1.82) is 0 Å². The van der Waals surface area contributed by atoms with Crippen LogP contribution in [0.4, 0.5) is 11.4 Å². The summed E-state index contributed by atoms with van der Waals surface area (Å²) >= 11 is -2.28. The van der Waals surface area contributed by atoms with Gasteiger partial charge in [0.1, 0.15) is 33.8 Å². The Bertz CT molecular complexity index is 2310. The van der Waals surface area contributed by atoms with Crippen LogP contribution in [0.5, 0.6) is 5.75 Å². The molecule has 1 aliphatic rings. The normalized spacial score (nSPS) is 12.8. The number of nitrogens with zero attached hydrogens (tertiary/aromatic N) is 3. The Labute approximate surface area is 326 Å². The van der Waals surface area contributed by atoms with Crippen molar-refractivity contribution >= 4 is 79.7 Å². The van der Waals surface area contributed by atoms with E-state index in [4.69, 9.17) is 0 Å². The summed E-state index contributed by atoms with van der Waals surface area (Å²) < 4.78 is 65.2. The summed E-state index contributed by atoms with van der Waals surface area (Å²) in [5, 5.41) is 1.06. The van der Waals surface area contributed by atoms with Gasteiger partial charge in [-0.1, -0.05) is 31.6 Å². The van der Waals surface area contributed by atoms with Crippen molar-refractivity contribution in [1.82, 2.24) is 0 Å². The number of anilines is 2. The van der Waals surface area contributed by atoms with Crippen LogP contribution in [0.25, 0.3) is 22.9 Å². The average molecular weight is 827 g/mol. The molecule has 0 radical (unpaired) electrons. The molecule has 1 unspecified atom stereocenters. The third kappa shape index (κ3) is 10.7. The Morgan fingerprint density at radius 2 is 1.26 bits per heavy atom. The molecule has 2 aromatic heterocycles. The molecule has 278 valence electrons. The monoisotopic (exact) mass is 827 g/mol. The summed E-state index contributed by atoms with van der Waals surface area (Å²) in [5.41, 5.74) is 5.27. The van der Waals surface area contributed by atoms with Crippen LogP contribution < -0.4 is 27.1 Å². The van der Waals surface area contributed by atoms with Gasteiger partial charge in [0.25, 0.3) is 0 Å². The molecule has 0 spiro atoms. The van der Waals surface area contributed by atoms with E-state index in [0.717, 1.165) is 38.5 Å². The summed E-state index contributed by atoms with van der Waals surface area (Å²) in [6, 6.07) is 34.7. The van der Waals surface area contributed by atoms with E-state index in [1.165, 1.54) is 74.6 Å². The molecule has 54 heavy (non-hydrogen) atoms. The van der Waals surface area contributed by atoms with Crippen LogP contribution in [0, 0.1) is 0 Å². The van der Waals surface area contributed by atoms with Gasteiger partial charge in [0.15, 0.2) is 12.4 Å². The Balaban J connectivity index is 0.000000232. The Kier molecular flexibility index (Phi) is 13.4. The van der Waals surface area contributed by atoms with Gasteiger partial charge in [-0.15, -0.1) is 0 Å². The van der Waals surface area contributed by atoms with Crippen LogP contribution >= 0.6 is 0 Å². The topological polar surface area (TPSA) is 118 Å². The fraction of sp³-hybridized carbons (Fsp3) is 0.190. The number of benzene rings is 4. The van der Waals surface area contributed by atoms with E-state index in [-0.39, 0.29) is 10.6 Å². The number of rotatable bonds is 13. The van der Waals surface area contributed by atoms with Gasteiger partial charge >= 0.3 is 155 Å². The van der Waals surface area contributed by atoms with Crippen molar-refractivity contribution in [2.45, 2.75) is 50.6 Å². The molecule has 1 atom stereocenters. The van der Waals surface area contributed by atoms with E-state index in [0.29, 0.717) is 25.7 Å². The summed E-state index contributed by atoms with van der Waals surface area (Å²) in [7, 11) is -4.50. The first-order valence-electron chi connectivity index (χ1n) is 17.7. The summed E-state index contributed by atoms with van der Waals surface area (Å²) in [4.78, 5) is 2.19. The molecule has 0 N–H and O–H groups in total. The zero-order chi connectivity index (χ0) is 37.9. The second-order valence-corrected chi connectivity index (χ2v) is 17.0. The molecule has 0 aliphatic carbocycles. The van der Waals surface area contributed by atoms with Crippen molar-refractivity contribution in [2.75, 3.05) is 11.4 Å². The number of hydrogen-bond acceptors (Lipinski definition) is 7. The Hall–Kier alpha value is -4.68. The minimum Gasteiger partial charge on any atom is -0.744 e. The molecule has 3 heterocycles. The molecule has 0 saturated heterocycles. The number of fused-ring (bicyclic) bond motifs is 3. The van der Waals surface area contributed by atoms with Gasteiger partial charge in [0.05, 0.1) is 4.90 Å². The van der Waals surface area contributed by atoms with E-state index in [1.807, 2.05) is 0 Å². The van der Waals surface area contributed by atoms with E-state index in [9.17, 15) is 21.7 Å². The minimum absolute atomic E-state index is 0.105. The zero-order valence-electron chi connectivity index (χ0n) is 29.8. The SMILES string of the molecule is CCCC[n+]1ccc(/C=C/c2cc[n+](CCCCN3c4ccccc4[Se]c4ccccc43)cc2)cc1.O=S([O-])Oc1ccc2cc(S(=O)(=O)[O-])ccc2c1. The van der Waals surface area contributed by atoms with E-state index >= 15 is 0 Å². The maximum atomic E-state index is 10.8. The van der Waals surface area contributed by atoms with Crippen molar-refractivity contribution in [3.63, 3.8) is 0 Å². The smallest absolute Gasteiger partial charge is 0.169 e. The number of unbranched alkanes of at least 4 members (excludes halogenated alkanes) is 2. The number of aryl methyl sites for hydroxylation is 2. The van der Waals surface area contributed by atoms with Crippen molar-refractivity contribution in [2.24, 2.45) is 0 Å². The third-order valence-electron chi connectivity index (χ3n) is 8.89. The summed E-state index contributed by atoms with van der Waals surface area (Å²) in [6.07, 6.45) is 17.9. The number of aromatic nitrogens is 2. The molecule has 1 aliphatic heterocycles. The zero-order valence-corrected chi connectivity index (χ0v) is 33.2. The molecule has 4 aromatic carbocycles. The van der Waals surface area contributed by atoms with Crippen LogP contribution in [0.2, 0.25) is 0 Å². The Morgan fingerprint density at radius 1 is 0.722 bits per heavy atom. The van der Waals surface area contributed by atoms with Crippen LogP contribution in [-0.2, 0) is 34.6 Å². The molecule has 6 aromatic rings. The van der Waals surface area contributed by atoms with Crippen LogP contribution in [-0.4, -0.2) is 43.2 Å². The van der Waals surface area contributed by atoms with Gasteiger partial charge in [0.2, 0.25) is 0 Å². The molecule has 0 fully saturated rings. The fourth-order valence-electron chi connectivity index (χ4n) is 6.07. The van der Waals surface area contributed by atoms with Gasteiger partial charge < -0.3 is 13.3 Å². The van der Waals surface area contributed by atoms with Crippen LogP contribution in [0.3, 0.4) is 0 Å². The van der Waals surface area contributed by atoms with E-state index in [2.05, 4.69) is 135 Å². The predicted octanol–water partition coefficient (Wildman–Crippen LogP) is 5.74. The predicted molar refractivity (Wildman–Crippen MR) is 213 cm³/mol. The molecule has 7 rings (SSSR count). The average Bonchev–Trinajstić information content (AvgIpc) is 3.18. The fourth-order valence-corrected chi connectivity index (χ4v) is 9.13. The molecule has 12 heteroatoms. The van der Waals surface area contributed by atoms with Gasteiger partial charge in [-0.3, -0.25) is 0 Å². The second-order valence-electron chi connectivity index (χ2n) is 12.7. The first kappa shape index (κ1) is 39.0. The largest absolute Gasteiger partial charge is 0.744 e. The number of hydrogen-bond donors (Lipinski definition) is 0. The van der Waals surface area contributed by atoms with Gasteiger partial charge in [-0.2, -0.15) is 0 Å². The van der Waals surface area contributed by atoms with Gasteiger partial charge in [-0.05, 0) is 40.6 Å². The molecular formula is C42H41N3O6S2Se. The molecular weight excluding hydrogens is 786 g/mol. The van der Waals surface area contributed by atoms with E-state index in [1.54, 1.807) is 0 Å². The first-order chi connectivity index (χ1) is 26.2. The minimum atomic E-state index is -4.50. The summed E-state index contributed by atoms with van der Waals surface area (Å²) in [5.74, 6) is 0.105.